The van der Waals surface area contributed by atoms with Crippen molar-refractivity contribution in [1.29, 1.82) is 0 Å². The van der Waals surface area contributed by atoms with Crippen LogP contribution in [0.1, 0.15) is 52.4 Å². The van der Waals surface area contributed by atoms with E-state index in [-0.39, 0.29) is 11.4 Å². The Bertz CT molecular complexity index is 247. The molecule has 1 rings (SSSR count). The lowest BCUT2D eigenvalue weighted by atomic mass is 9.72. The Morgan fingerprint density at radius 2 is 2.20 bits per heavy atom. The Balaban J connectivity index is 2.41. The number of hydrogen-bond donors (Lipinski definition) is 0. The molecule has 0 aromatic carbocycles. The molecule has 0 N–H and O–H groups in total. The van der Waals surface area contributed by atoms with E-state index in [0.29, 0.717) is 31.7 Å². The zero-order valence-electron chi connectivity index (χ0n) is 9.67. The van der Waals surface area contributed by atoms with E-state index in [1.165, 1.54) is 0 Å². The largest absolute Gasteiger partial charge is 0.466 e. The van der Waals surface area contributed by atoms with Crippen molar-refractivity contribution < 1.29 is 14.3 Å². The fraction of sp³-hybridized carbons (Fsp3) is 0.833. The lowest BCUT2D eigenvalue weighted by Gasteiger charge is -2.31. The predicted molar refractivity (Wildman–Crippen MR) is 57.4 cm³/mol. The fourth-order valence-electron chi connectivity index (χ4n) is 2.12. The smallest absolute Gasteiger partial charge is 0.305 e. The molecule has 1 fully saturated rings. The first-order chi connectivity index (χ1) is 7.08. The molecule has 86 valence electrons. The average molecular weight is 212 g/mol. The van der Waals surface area contributed by atoms with Crippen molar-refractivity contribution in [3.8, 4) is 0 Å². The minimum Gasteiger partial charge on any atom is -0.466 e. The van der Waals surface area contributed by atoms with Crippen molar-refractivity contribution in [2.24, 2.45) is 5.41 Å². The summed E-state index contributed by atoms with van der Waals surface area (Å²) in [5, 5.41) is 0. The van der Waals surface area contributed by atoms with Gasteiger partial charge in [0, 0.05) is 18.3 Å². The van der Waals surface area contributed by atoms with Crippen LogP contribution in [0.2, 0.25) is 0 Å². The monoisotopic (exact) mass is 212 g/mol. The summed E-state index contributed by atoms with van der Waals surface area (Å²) in [5.41, 5.74) is -0.273. The van der Waals surface area contributed by atoms with Crippen LogP contribution in [-0.4, -0.2) is 18.4 Å². The van der Waals surface area contributed by atoms with Gasteiger partial charge in [0.15, 0.2) is 0 Å². The molecular formula is C12H20O3. The van der Waals surface area contributed by atoms with Crippen molar-refractivity contribution in [1.82, 2.24) is 0 Å². The molecule has 1 unspecified atom stereocenters. The van der Waals surface area contributed by atoms with Gasteiger partial charge < -0.3 is 4.74 Å². The highest BCUT2D eigenvalue weighted by Gasteiger charge is 2.35. The van der Waals surface area contributed by atoms with Crippen molar-refractivity contribution in [3.05, 3.63) is 0 Å². The molecule has 0 aliphatic heterocycles. The molecule has 0 amide bonds. The van der Waals surface area contributed by atoms with Gasteiger partial charge in [0.1, 0.15) is 5.78 Å². The van der Waals surface area contributed by atoms with Gasteiger partial charge in [0.25, 0.3) is 0 Å². The Hall–Kier alpha value is -0.860. The number of esters is 1. The molecule has 0 saturated heterocycles. The molecule has 15 heavy (non-hydrogen) atoms. The maximum Gasteiger partial charge on any atom is 0.305 e. The molecule has 0 aromatic heterocycles. The molecule has 3 nitrogen and oxygen atoms in total. The summed E-state index contributed by atoms with van der Waals surface area (Å²) in [7, 11) is 0. The first kappa shape index (κ1) is 12.2. The molecular weight excluding hydrogens is 192 g/mol. The van der Waals surface area contributed by atoms with Gasteiger partial charge in [-0.1, -0.05) is 13.3 Å². The van der Waals surface area contributed by atoms with Gasteiger partial charge in [-0.15, -0.1) is 0 Å². The van der Waals surface area contributed by atoms with Crippen LogP contribution in [-0.2, 0) is 14.3 Å². The number of hydrogen-bond acceptors (Lipinski definition) is 3. The van der Waals surface area contributed by atoms with Crippen LogP contribution >= 0.6 is 0 Å². The Labute approximate surface area is 91.2 Å². The first-order valence-corrected chi connectivity index (χ1v) is 5.77. The van der Waals surface area contributed by atoms with E-state index in [1.807, 2.05) is 6.92 Å². The standard InChI is InChI=1S/C12H20O3/c1-3-15-11(14)7-9-12(2)8-5-4-6-10(12)13/h3-9H2,1-2H3. The third-order valence-electron chi connectivity index (χ3n) is 3.24. The van der Waals surface area contributed by atoms with Crippen molar-refractivity contribution in [2.45, 2.75) is 52.4 Å². The molecule has 0 radical (unpaired) electrons. The van der Waals surface area contributed by atoms with Crippen LogP contribution in [0.4, 0.5) is 0 Å². The number of ether oxygens (including phenoxy) is 1. The summed E-state index contributed by atoms with van der Waals surface area (Å²) in [6.45, 7) is 4.20. The summed E-state index contributed by atoms with van der Waals surface area (Å²) >= 11 is 0. The van der Waals surface area contributed by atoms with Crippen LogP contribution in [0.3, 0.4) is 0 Å². The lowest BCUT2D eigenvalue weighted by Crippen LogP contribution is -2.31. The van der Waals surface area contributed by atoms with Gasteiger partial charge >= 0.3 is 5.97 Å². The molecule has 1 aliphatic rings. The van der Waals surface area contributed by atoms with E-state index in [2.05, 4.69) is 0 Å². The van der Waals surface area contributed by atoms with Gasteiger partial charge in [-0.3, -0.25) is 9.59 Å². The summed E-state index contributed by atoms with van der Waals surface area (Å²) < 4.78 is 4.86. The van der Waals surface area contributed by atoms with Crippen molar-refractivity contribution in [2.75, 3.05) is 6.61 Å². The quantitative estimate of drug-likeness (QED) is 0.672. The lowest BCUT2D eigenvalue weighted by molar-refractivity contribution is -0.144. The fourth-order valence-corrected chi connectivity index (χ4v) is 2.12. The number of rotatable bonds is 4. The third kappa shape index (κ3) is 3.33. The maximum atomic E-state index is 11.7. The minimum absolute atomic E-state index is 0.183. The molecule has 1 aliphatic carbocycles. The summed E-state index contributed by atoms with van der Waals surface area (Å²) in [4.78, 5) is 22.9. The zero-order valence-corrected chi connectivity index (χ0v) is 9.67. The normalized spacial score (nSPS) is 26.4. The van der Waals surface area contributed by atoms with Gasteiger partial charge in [0.05, 0.1) is 6.61 Å². The molecule has 3 heteroatoms. The van der Waals surface area contributed by atoms with Crippen LogP contribution in [0, 0.1) is 5.41 Å². The number of Topliss-reactive ketones (excluding diaryl/α,β-unsaturated/α-hetero) is 1. The van der Waals surface area contributed by atoms with Gasteiger partial charge in [-0.25, -0.2) is 0 Å². The predicted octanol–water partition coefficient (Wildman–Crippen LogP) is 2.48. The average Bonchev–Trinajstić information content (AvgIpc) is 2.21. The topological polar surface area (TPSA) is 43.4 Å². The Kier molecular flexibility index (Phi) is 4.30. The van der Waals surface area contributed by atoms with Crippen molar-refractivity contribution >= 4 is 11.8 Å². The molecule has 0 spiro atoms. The highest BCUT2D eigenvalue weighted by Crippen LogP contribution is 2.36. The summed E-state index contributed by atoms with van der Waals surface area (Å²) in [5.74, 6) is 0.134. The zero-order chi connectivity index (χ0) is 11.3. The molecule has 1 atom stereocenters. The van der Waals surface area contributed by atoms with E-state index in [4.69, 9.17) is 4.74 Å². The second kappa shape index (κ2) is 5.29. The van der Waals surface area contributed by atoms with Crippen LogP contribution in [0.5, 0.6) is 0 Å². The first-order valence-electron chi connectivity index (χ1n) is 5.77. The van der Waals surface area contributed by atoms with Crippen LogP contribution in [0.15, 0.2) is 0 Å². The Morgan fingerprint density at radius 3 is 2.80 bits per heavy atom. The number of ketones is 1. The van der Waals surface area contributed by atoms with Crippen molar-refractivity contribution in [3.63, 3.8) is 0 Å². The molecule has 0 heterocycles. The molecule has 1 saturated carbocycles. The third-order valence-corrected chi connectivity index (χ3v) is 3.24. The van der Waals surface area contributed by atoms with Crippen LogP contribution < -0.4 is 0 Å². The summed E-state index contributed by atoms with van der Waals surface area (Å²) in [6, 6.07) is 0. The van der Waals surface area contributed by atoms with Gasteiger partial charge in [-0.05, 0) is 26.2 Å². The molecule has 0 aromatic rings. The van der Waals surface area contributed by atoms with Gasteiger partial charge in [-0.2, -0.15) is 0 Å². The second-order valence-electron chi connectivity index (χ2n) is 4.50. The number of carbonyl (C=O) groups excluding carboxylic acids is 2. The highest BCUT2D eigenvalue weighted by molar-refractivity contribution is 5.85. The van der Waals surface area contributed by atoms with E-state index < -0.39 is 0 Å². The SMILES string of the molecule is CCOC(=O)CCC1(C)CCCCC1=O. The number of carbonyl (C=O) groups is 2. The van der Waals surface area contributed by atoms with E-state index in [1.54, 1.807) is 6.92 Å². The minimum atomic E-state index is -0.273. The maximum absolute atomic E-state index is 11.7. The van der Waals surface area contributed by atoms with E-state index >= 15 is 0 Å². The molecule has 0 bridgehead atoms. The summed E-state index contributed by atoms with van der Waals surface area (Å²) in [6.07, 6.45) is 4.73. The van der Waals surface area contributed by atoms with E-state index in [9.17, 15) is 9.59 Å². The van der Waals surface area contributed by atoms with Crippen LogP contribution in [0.25, 0.3) is 0 Å². The second-order valence-corrected chi connectivity index (χ2v) is 4.50. The Morgan fingerprint density at radius 1 is 1.47 bits per heavy atom. The van der Waals surface area contributed by atoms with E-state index in [0.717, 1.165) is 19.3 Å². The van der Waals surface area contributed by atoms with Gasteiger partial charge in [0.2, 0.25) is 0 Å². The highest BCUT2D eigenvalue weighted by atomic mass is 16.5.